The van der Waals surface area contributed by atoms with Crippen LogP contribution < -0.4 is 16.2 Å². The molecule has 112 valence electrons. The first-order valence-electron chi connectivity index (χ1n) is 5.82. The van der Waals surface area contributed by atoms with E-state index in [1.54, 1.807) is 24.4 Å². The average Bonchev–Trinajstić information content (AvgIpc) is 2.97. The van der Waals surface area contributed by atoms with Gasteiger partial charge < -0.3 is 4.74 Å². The molecular formula is C12H13N3O4S2. The second kappa shape index (κ2) is 8.82. The number of thiocarbonyl (C=S) groups is 1. The van der Waals surface area contributed by atoms with E-state index in [4.69, 9.17) is 12.2 Å². The molecule has 0 aromatic carbocycles. The lowest BCUT2D eigenvalue weighted by Crippen LogP contribution is -2.48. The maximum Gasteiger partial charge on any atom is 0.330 e. The van der Waals surface area contributed by atoms with Crippen LogP contribution in [0.5, 0.6) is 0 Å². The monoisotopic (exact) mass is 327 g/mol. The van der Waals surface area contributed by atoms with Crippen molar-refractivity contribution in [3.63, 3.8) is 0 Å². The number of esters is 1. The van der Waals surface area contributed by atoms with Crippen molar-refractivity contribution in [3.05, 3.63) is 34.5 Å². The van der Waals surface area contributed by atoms with Gasteiger partial charge in [0.2, 0.25) is 5.91 Å². The molecule has 0 aliphatic carbocycles. The SMILES string of the molecule is CCOC(=O)/C=C/C(=O)NC(=S)NNC(=O)c1cccs1. The third-order valence-corrected chi connectivity index (χ3v) is 3.00. The van der Waals surface area contributed by atoms with Gasteiger partial charge in [0.25, 0.3) is 5.91 Å². The highest BCUT2D eigenvalue weighted by Gasteiger charge is 2.07. The molecule has 3 N–H and O–H groups in total. The van der Waals surface area contributed by atoms with Crippen LogP contribution in [0.2, 0.25) is 0 Å². The van der Waals surface area contributed by atoms with Crippen LogP contribution in [-0.2, 0) is 14.3 Å². The number of rotatable bonds is 4. The van der Waals surface area contributed by atoms with E-state index in [0.717, 1.165) is 12.2 Å². The number of ether oxygens (including phenoxy) is 1. The molecule has 21 heavy (non-hydrogen) atoms. The van der Waals surface area contributed by atoms with Crippen molar-refractivity contribution in [2.24, 2.45) is 0 Å². The summed E-state index contributed by atoms with van der Waals surface area (Å²) in [5, 5.41) is 3.91. The first-order chi connectivity index (χ1) is 10.0. The zero-order valence-electron chi connectivity index (χ0n) is 11.0. The van der Waals surface area contributed by atoms with Gasteiger partial charge in [-0.1, -0.05) is 6.07 Å². The molecule has 2 amide bonds. The molecule has 0 saturated carbocycles. The molecule has 0 aliphatic rings. The summed E-state index contributed by atoms with van der Waals surface area (Å²) in [7, 11) is 0. The molecule has 0 spiro atoms. The van der Waals surface area contributed by atoms with Crippen LogP contribution in [0.15, 0.2) is 29.7 Å². The molecule has 1 rings (SSSR count). The van der Waals surface area contributed by atoms with Crippen LogP contribution in [0.25, 0.3) is 0 Å². The van der Waals surface area contributed by atoms with Crippen molar-refractivity contribution in [2.75, 3.05) is 6.61 Å². The van der Waals surface area contributed by atoms with Crippen LogP contribution in [0.1, 0.15) is 16.6 Å². The van der Waals surface area contributed by atoms with Gasteiger partial charge in [0.1, 0.15) is 0 Å². The molecule has 0 bridgehead atoms. The third-order valence-electron chi connectivity index (χ3n) is 1.93. The Bertz CT molecular complexity index is 555. The number of carbonyl (C=O) groups is 3. The molecule has 0 radical (unpaired) electrons. The quantitative estimate of drug-likeness (QED) is 0.323. The lowest BCUT2D eigenvalue weighted by Gasteiger charge is -2.08. The summed E-state index contributed by atoms with van der Waals surface area (Å²) < 4.78 is 4.61. The van der Waals surface area contributed by atoms with Crippen molar-refractivity contribution in [1.29, 1.82) is 0 Å². The first-order valence-corrected chi connectivity index (χ1v) is 7.11. The van der Waals surface area contributed by atoms with Gasteiger partial charge in [-0.25, -0.2) is 4.79 Å². The van der Waals surface area contributed by atoms with E-state index in [0.29, 0.717) is 4.88 Å². The molecule has 0 unspecified atom stereocenters. The second-order valence-corrected chi connectivity index (χ2v) is 4.82. The van der Waals surface area contributed by atoms with Gasteiger partial charge in [-0.15, -0.1) is 11.3 Å². The zero-order valence-corrected chi connectivity index (χ0v) is 12.7. The van der Waals surface area contributed by atoms with E-state index in [2.05, 4.69) is 20.9 Å². The minimum absolute atomic E-state index is 0.0987. The van der Waals surface area contributed by atoms with Crippen molar-refractivity contribution in [2.45, 2.75) is 6.92 Å². The summed E-state index contributed by atoms with van der Waals surface area (Å²) in [5.74, 6) is -1.62. The summed E-state index contributed by atoms with van der Waals surface area (Å²) in [4.78, 5) is 34.4. The Morgan fingerprint density at radius 2 is 2.10 bits per heavy atom. The minimum Gasteiger partial charge on any atom is -0.463 e. The fourth-order valence-electron chi connectivity index (χ4n) is 1.10. The topological polar surface area (TPSA) is 96.5 Å². The Hall–Kier alpha value is -2.26. The molecule has 1 aromatic heterocycles. The fraction of sp³-hybridized carbons (Fsp3) is 0.167. The highest BCUT2D eigenvalue weighted by atomic mass is 32.1. The Labute approximate surface area is 130 Å². The van der Waals surface area contributed by atoms with Gasteiger partial charge >= 0.3 is 5.97 Å². The second-order valence-electron chi connectivity index (χ2n) is 3.46. The van der Waals surface area contributed by atoms with Crippen molar-refractivity contribution in [3.8, 4) is 0 Å². The van der Waals surface area contributed by atoms with Gasteiger partial charge in [-0.05, 0) is 30.6 Å². The Kier molecular flexibility index (Phi) is 7.05. The minimum atomic E-state index is -0.627. The summed E-state index contributed by atoms with van der Waals surface area (Å²) in [6, 6.07) is 3.38. The largest absolute Gasteiger partial charge is 0.463 e. The van der Waals surface area contributed by atoms with E-state index < -0.39 is 11.9 Å². The molecule has 7 nitrogen and oxygen atoms in total. The number of hydrogen-bond donors (Lipinski definition) is 3. The van der Waals surface area contributed by atoms with E-state index >= 15 is 0 Å². The predicted octanol–water partition coefficient (Wildman–Crippen LogP) is 0.503. The average molecular weight is 327 g/mol. The number of nitrogens with one attached hydrogen (secondary N) is 3. The first kappa shape index (κ1) is 16.8. The zero-order chi connectivity index (χ0) is 15.7. The van der Waals surface area contributed by atoms with Crippen LogP contribution in [0, 0.1) is 0 Å². The summed E-state index contributed by atoms with van der Waals surface area (Å²) in [5.41, 5.74) is 4.70. The van der Waals surface area contributed by atoms with E-state index in [1.807, 2.05) is 0 Å². The molecule has 0 atom stereocenters. The highest BCUT2D eigenvalue weighted by Crippen LogP contribution is 2.06. The van der Waals surface area contributed by atoms with Crippen LogP contribution in [0.3, 0.4) is 0 Å². The molecule has 0 saturated heterocycles. The number of hydrogen-bond acceptors (Lipinski definition) is 6. The van der Waals surface area contributed by atoms with Crippen molar-refractivity contribution < 1.29 is 19.1 Å². The predicted molar refractivity (Wildman–Crippen MR) is 81.4 cm³/mol. The van der Waals surface area contributed by atoms with Crippen molar-refractivity contribution in [1.82, 2.24) is 16.2 Å². The molecule has 1 aromatic rings. The Morgan fingerprint density at radius 1 is 1.33 bits per heavy atom. The Balaban J connectivity index is 2.31. The standard InChI is InChI=1S/C12H13N3O4S2/c1-2-19-10(17)6-5-9(16)13-12(20)15-14-11(18)8-4-3-7-21-8/h3-7H,2H2,1H3,(H,14,18)(H2,13,15,16,20)/b6-5+. The van der Waals surface area contributed by atoms with Crippen LogP contribution in [-0.4, -0.2) is 29.5 Å². The molecular weight excluding hydrogens is 314 g/mol. The van der Waals surface area contributed by atoms with Gasteiger partial charge in [0.05, 0.1) is 11.5 Å². The summed E-state index contributed by atoms with van der Waals surface area (Å²) >= 11 is 6.07. The third kappa shape index (κ3) is 6.63. The van der Waals surface area contributed by atoms with E-state index in [1.165, 1.54) is 11.3 Å². The van der Waals surface area contributed by atoms with Gasteiger partial charge in [0, 0.05) is 12.2 Å². The Morgan fingerprint density at radius 3 is 2.71 bits per heavy atom. The van der Waals surface area contributed by atoms with Gasteiger partial charge in [0.15, 0.2) is 5.11 Å². The van der Waals surface area contributed by atoms with E-state index in [9.17, 15) is 14.4 Å². The van der Waals surface area contributed by atoms with Gasteiger partial charge in [-0.2, -0.15) is 0 Å². The maximum absolute atomic E-state index is 11.6. The van der Waals surface area contributed by atoms with E-state index in [-0.39, 0.29) is 17.6 Å². The molecule has 1 heterocycles. The normalized spacial score (nSPS) is 9.95. The number of amides is 2. The van der Waals surface area contributed by atoms with Crippen LogP contribution in [0.4, 0.5) is 0 Å². The van der Waals surface area contributed by atoms with Gasteiger partial charge in [-0.3, -0.25) is 25.8 Å². The molecule has 0 fully saturated rings. The summed E-state index contributed by atoms with van der Waals surface area (Å²) in [6.07, 6.45) is 1.96. The number of thiophene rings is 1. The summed E-state index contributed by atoms with van der Waals surface area (Å²) in [6.45, 7) is 1.88. The lowest BCUT2D eigenvalue weighted by molar-refractivity contribution is -0.137. The number of carbonyl (C=O) groups excluding carboxylic acids is 3. The number of hydrazine groups is 1. The fourth-order valence-corrected chi connectivity index (χ4v) is 1.87. The van der Waals surface area contributed by atoms with Crippen LogP contribution >= 0.6 is 23.6 Å². The maximum atomic E-state index is 11.6. The smallest absolute Gasteiger partial charge is 0.330 e. The molecule has 0 aliphatic heterocycles. The van der Waals surface area contributed by atoms with Crippen molar-refractivity contribution >= 4 is 46.5 Å². The molecule has 9 heteroatoms. The lowest BCUT2D eigenvalue weighted by atomic mass is 10.4. The highest BCUT2D eigenvalue weighted by molar-refractivity contribution is 7.80.